The minimum absolute atomic E-state index is 0.0254. The monoisotopic (exact) mass is 346 g/mol. The second-order valence-corrected chi connectivity index (χ2v) is 13.1. The highest BCUT2D eigenvalue weighted by atomic mass is 28.4. The molecule has 0 N–H and O–H groups in total. The van der Waals surface area contributed by atoms with E-state index in [0.29, 0.717) is 24.5 Å². The van der Waals surface area contributed by atoms with Crippen LogP contribution in [-0.4, -0.2) is 20.2 Å². The summed E-state index contributed by atoms with van der Waals surface area (Å²) in [5, 5.41) is 0.167. The number of carbonyl (C=O) groups excluding carboxylic acids is 1. The Morgan fingerprint density at radius 3 is 2.46 bits per heavy atom. The summed E-state index contributed by atoms with van der Waals surface area (Å²) in [7, 11) is -1.86. The summed E-state index contributed by atoms with van der Waals surface area (Å²) in [6.45, 7) is 15.3. The minimum Gasteiger partial charge on any atom is -0.413 e. The third-order valence-electron chi connectivity index (χ3n) is 5.55. The molecule has 0 aliphatic heterocycles. The number of unbranched alkanes of at least 4 members (excludes halogenated alkanes) is 1. The predicted octanol–water partition coefficient (Wildman–Crippen LogP) is 5.19. The van der Waals surface area contributed by atoms with Crippen LogP contribution in [-0.2, 0) is 9.22 Å². The number of hydrogen-bond acceptors (Lipinski definition) is 2. The van der Waals surface area contributed by atoms with Crippen molar-refractivity contribution in [2.45, 2.75) is 91.0 Å². The molecule has 0 bridgehead atoms. The fourth-order valence-electron chi connectivity index (χ4n) is 3.04. The zero-order valence-corrected chi connectivity index (χ0v) is 17.6. The second kappa shape index (κ2) is 8.89. The number of ketones is 1. The first-order valence-corrected chi connectivity index (χ1v) is 12.1. The molecule has 0 saturated heterocycles. The van der Waals surface area contributed by atoms with Crippen LogP contribution in [0.3, 0.4) is 0 Å². The van der Waals surface area contributed by atoms with Gasteiger partial charge in [-0.3, -0.25) is 4.79 Å². The van der Waals surface area contributed by atoms with Crippen LogP contribution in [0, 0.1) is 35.5 Å². The van der Waals surface area contributed by atoms with Crippen LogP contribution in [0.15, 0.2) is 0 Å². The highest BCUT2D eigenvalue weighted by Crippen LogP contribution is 2.43. The molecule has 134 valence electrons. The van der Waals surface area contributed by atoms with Crippen LogP contribution >= 0.6 is 0 Å². The smallest absolute Gasteiger partial charge is 0.192 e. The van der Waals surface area contributed by atoms with Crippen LogP contribution in [0.4, 0.5) is 0 Å². The summed E-state index contributed by atoms with van der Waals surface area (Å²) in [6, 6.07) is 0. The van der Waals surface area contributed by atoms with Gasteiger partial charge in [-0.15, -0.1) is 0 Å². The van der Waals surface area contributed by atoms with Gasteiger partial charge in [-0.1, -0.05) is 52.4 Å². The summed E-state index contributed by atoms with van der Waals surface area (Å²) in [5.74, 6) is 12.2. The normalized spacial score (nSPS) is 24.1. The van der Waals surface area contributed by atoms with Gasteiger partial charge >= 0.3 is 0 Å². The molecule has 0 amide bonds. The van der Waals surface area contributed by atoms with Crippen molar-refractivity contribution < 1.29 is 9.22 Å². The van der Waals surface area contributed by atoms with Crippen molar-refractivity contribution in [3.05, 3.63) is 0 Å². The number of hydrogen-bond donors (Lipinski definition) is 0. The van der Waals surface area contributed by atoms with Gasteiger partial charge < -0.3 is 4.43 Å². The molecule has 24 heavy (non-hydrogen) atoms. The van der Waals surface area contributed by atoms with Gasteiger partial charge in [0.1, 0.15) is 5.78 Å². The largest absolute Gasteiger partial charge is 0.413 e. The Balaban J connectivity index is 2.93. The quantitative estimate of drug-likeness (QED) is 0.489. The molecule has 0 aromatic carbocycles. The van der Waals surface area contributed by atoms with Crippen molar-refractivity contribution in [3.8, 4) is 23.7 Å². The molecule has 1 saturated carbocycles. The van der Waals surface area contributed by atoms with E-state index in [9.17, 15) is 4.79 Å². The Labute approximate surface area is 150 Å². The molecule has 0 radical (unpaired) electrons. The number of carbonyl (C=O) groups is 1. The molecule has 1 aliphatic rings. The second-order valence-electron chi connectivity index (χ2n) is 8.38. The topological polar surface area (TPSA) is 26.3 Å². The van der Waals surface area contributed by atoms with Gasteiger partial charge in [0.25, 0.3) is 0 Å². The SMILES string of the molecule is CC#CC#CC[C@H]1C(=O)C[C@@H](O[Si](C)(C)C(C)(C)C)[C@@H]1CCCC. The highest BCUT2D eigenvalue weighted by Gasteiger charge is 2.47. The fourth-order valence-corrected chi connectivity index (χ4v) is 4.41. The van der Waals surface area contributed by atoms with Crippen LogP contribution < -0.4 is 0 Å². The van der Waals surface area contributed by atoms with Gasteiger partial charge in [0.05, 0.1) is 6.10 Å². The van der Waals surface area contributed by atoms with Crippen molar-refractivity contribution in [3.63, 3.8) is 0 Å². The van der Waals surface area contributed by atoms with Gasteiger partial charge in [-0.2, -0.15) is 0 Å². The fraction of sp³-hybridized carbons (Fsp3) is 0.762. The van der Waals surface area contributed by atoms with E-state index < -0.39 is 8.32 Å². The lowest BCUT2D eigenvalue weighted by Gasteiger charge is -2.40. The van der Waals surface area contributed by atoms with Gasteiger partial charge in [0, 0.05) is 18.8 Å². The van der Waals surface area contributed by atoms with E-state index in [1.807, 2.05) is 0 Å². The Morgan fingerprint density at radius 2 is 1.92 bits per heavy atom. The Bertz CT molecular complexity index is 548. The predicted molar refractivity (Wildman–Crippen MR) is 104 cm³/mol. The molecule has 0 heterocycles. The van der Waals surface area contributed by atoms with Gasteiger partial charge in [0.15, 0.2) is 8.32 Å². The molecule has 1 fully saturated rings. The van der Waals surface area contributed by atoms with Crippen LogP contribution in [0.2, 0.25) is 18.1 Å². The molecule has 3 heteroatoms. The van der Waals surface area contributed by atoms with E-state index in [1.54, 1.807) is 6.92 Å². The maximum Gasteiger partial charge on any atom is 0.192 e. The van der Waals surface area contributed by atoms with Crippen molar-refractivity contribution in [1.29, 1.82) is 0 Å². The molecular formula is C21H34O2Si. The van der Waals surface area contributed by atoms with Crippen LogP contribution in [0.25, 0.3) is 0 Å². The molecule has 1 rings (SSSR count). The van der Waals surface area contributed by atoms with Crippen LogP contribution in [0.5, 0.6) is 0 Å². The van der Waals surface area contributed by atoms with Crippen molar-refractivity contribution in [2.24, 2.45) is 11.8 Å². The zero-order chi connectivity index (χ0) is 18.4. The molecule has 0 unspecified atom stereocenters. The van der Waals surface area contributed by atoms with E-state index in [2.05, 4.69) is 64.5 Å². The third-order valence-corrected chi connectivity index (χ3v) is 10.1. The Hall–Kier alpha value is -1.03. The number of rotatable bonds is 6. The summed E-state index contributed by atoms with van der Waals surface area (Å²) >= 11 is 0. The number of Topliss-reactive ketones (excluding diaryl/α,β-unsaturated/α-hetero) is 1. The molecule has 0 aromatic rings. The van der Waals surface area contributed by atoms with E-state index >= 15 is 0 Å². The Morgan fingerprint density at radius 1 is 1.25 bits per heavy atom. The summed E-state index contributed by atoms with van der Waals surface area (Å²) < 4.78 is 6.64. The summed E-state index contributed by atoms with van der Waals surface area (Å²) in [5.41, 5.74) is 0. The lowest BCUT2D eigenvalue weighted by atomic mass is 9.87. The molecular weight excluding hydrogens is 312 g/mol. The highest BCUT2D eigenvalue weighted by molar-refractivity contribution is 6.74. The van der Waals surface area contributed by atoms with E-state index in [1.165, 1.54) is 0 Å². The first-order chi connectivity index (χ1) is 11.1. The van der Waals surface area contributed by atoms with Gasteiger partial charge in [0.2, 0.25) is 0 Å². The van der Waals surface area contributed by atoms with Crippen LogP contribution in [0.1, 0.15) is 66.7 Å². The Kier molecular flexibility index (Phi) is 7.78. The first-order valence-electron chi connectivity index (χ1n) is 9.24. The lowest BCUT2D eigenvalue weighted by Crippen LogP contribution is -2.45. The first kappa shape index (κ1) is 21.0. The summed E-state index contributed by atoms with van der Waals surface area (Å²) in [6.07, 6.45) is 4.62. The van der Waals surface area contributed by atoms with E-state index in [4.69, 9.17) is 4.43 Å². The maximum atomic E-state index is 12.6. The van der Waals surface area contributed by atoms with Crippen molar-refractivity contribution in [1.82, 2.24) is 0 Å². The molecule has 2 nitrogen and oxygen atoms in total. The van der Waals surface area contributed by atoms with Gasteiger partial charge in [-0.25, -0.2) is 0 Å². The van der Waals surface area contributed by atoms with Gasteiger partial charge in [-0.05, 0) is 49.2 Å². The standard InChI is InChI=1S/C21H34O2Si/c1-8-10-12-13-15-17-18(14-11-9-2)20(16-19(17)22)23-24(6,7)21(3,4)5/h17-18,20H,9,11,14-16H2,1-7H3/t17-,18-,20-/m1/s1. The molecule has 1 aliphatic carbocycles. The average Bonchev–Trinajstić information content (AvgIpc) is 2.75. The summed E-state index contributed by atoms with van der Waals surface area (Å²) in [4.78, 5) is 12.6. The third kappa shape index (κ3) is 5.51. The van der Waals surface area contributed by atoms with Crippen molar-refractivity contribution >= 4 is 14.1 Å². The van der Waals surface area contributed by atoms with E-state index in [0.717, 1.165) is 19.3 Å². The molecule has 0 spiro atoms. The maximum absolute atomic E-state index is 12.6. The molecule has 0 aromatic heterocycles. The van der Waals surface area contributed by atoms with Crippen molar-refractivity contribution in [2.75, 3.05) is 0 Å². The zero-order valence-electron chi connectivity index (χ0n) is 16.6. The average molecular weight is 347 g/mol. The molecule has 3 atom stereocenters. The lowest BCUT2D eigenvalue weighted by molar-refractivity contribution is -0.121. The minimum atomic E-state index is -1.86. The van der Waals surface area contributed by atoms with E-state index in [-0.39, 0.29) is 17.1 Å².